The normalized spacial score (nSPS) is 10.2. The minimum atomic E-state index is -0.229. The molecule has 0 saturated heterocycles. The van der Waals surface area contributed by atoms with Crippen LogP contribution in [0.15, 0.2) is 42.6 Å². The Morgan fingerprint density at radius 3 is 1.86 bits per heavy atom. The number of nitrogens with one attached hydrogen (secondary N) is 1. The van der Waals surface area contributed by atoms with E-state index in [9.17, 15) is 20.4 Å². The highest BCUT2D eigenvalue weighted by molar-refractivity contribution is 8.93. The largest absolute Gasteiger partial charge is 0.504 e. The van der Waals surface area contributed by atoms with E-state index in [0.29, 0.717) is 22.6 Å². The molecule has 6 nitrogen and oxygen atoms in total. The van der Waals surface area contributed by atoms with Gasteiger partial charge in [0, 0.05) is 11.1 Å². The lowest BCUT2D eigenvalue weighted by Crippen LogP contribution is -1.82. The molecule has 7 heteroatoms. The van der Waals surface area contributed by atoms with Crippen molar-refractivity contribution in [1.82, 2.24) is 9.97 Å². The molecule has 0 amide bonds. The quantitative estimate of drug-likeness (QED) is 0.448. The Morgan fingerprint density at radius 2 is 1.27 bits per heavy atom. The smallest absolute Gasteiger partial charge is 0.158 e. The van der Waals surface area contributed by atoms with Gasteiger partial charge < -0.3 is 25.4 Å². The Labute approximate surface area is 136 Å². The topological polar surface area (TPSA) is 110 Å². The molecule has 0 atom stereocenters. The minimum Gasteiger partial charge on any atom is -0.504 e. The van der Waals surface area contributed by atoms with E-state index in [1.807, 2.05) is 0 Å². The van der Waals surface area contributed by atoms with E-state index in [2.05, 4.69) is 9.97 Å². The summed E-state index contributed by atoms with van der Waals surface area (Å²) in [6.07, 6.45) is 1.57. The van der Waals surface area contributed by atoms with Crippen molar-refractivity contribution in [2.45, 2.75) is 0 Å². The number of hydrogen-bond acceptors (Lipinski definition) is 5. The van der Waals surface area contributed by atoms with Crippen LogP contribution in [-0.4, -0.2) is 30.4 Å². The van der Waals surface area contributed by atoms with Crippen molar-refractivity contribution in [2.75, 3.05) is 0 Å². The molecule has 0 spiro atoms. The minimum absolute atomic E-state index is 0. The van der Waals surface area contributed by atoms with E-state index in [1.54, 1.807) is 18.3 Å². The van der Waals surface area contributed by atoms with Crippen molar-refractivity contribution in [3.63, 3.8) is 0 Å². The summed E-state index contributed by atoms with van der Waals surface area (Å²) in [6, 6.07) is 8.83. The van der Waals surface area contributed by atoms with Crippen LogP contribution in [0.1, 0.15) is 0 Å². The third-order valence-electron chi connectivity index (χ3n) is 3.11. The molecule has 0 saturated carbocycles. The number of H-pyrrole nitrogens is 1. The van der Waals surface area contributed by atoms with Gasteiger partial charge >= 0.3 is 0 Å². The van der Waals surface area contributed by atoms with Crippen molar-refractivity contribution in [3.8, 4) is 45.6 Å². The Hall–Kier alpha value is -2.67. The van der Waals surface area contributed by atoms with Crippen LogP contribution in [0.5, 0.6) is 23.0 Å². The molecule has 0 aliphatic carbocycles. The summed E-state index contributed by atoms with van der Waals surface area (Å²) in [5.41, 5.74) is 1.92. The summed E-state index contributed by atoms with van der Waals surface area (Å²) in [6.45, 7) is 0. The predicted octanol–water partition coefficient (Wildman–Crippen LogP) is 3.14. The summed E-state index contributed by atoms with van der Waals surface area (Å²) in [5, 5.41) is 37.6. The van der Waals surface area contributed by atoms with Crippen molar-refractivity contribution in [2.24, 2.45) is 0 Å². The molecule has 1 heterocycles. The first-order valence-corrected chi connectivity index (χ1v) is 6.14. The fourth-order valence-electron chi connectivity index (χ4n) is 1.98. The second-order valence-corrected chi connectivity index (χ2v) is 4.55. The number of aromatic nitrogens is 2. The van der Waals surface area contributed by atoms with Gasteiger partial charge in [-0.3, -0.25) is 0 Å². The van der Waals surface area contributed by atoms with Gasteiger partial charge in [-0.2, -0.15) is 0 Å². The standard InChI is InChI=1S/C15H12N2O4.BrH/c18-11-3-1-8(5-13(11)20)10-7-16-15(17-10)9-2-4-12(19)14(21)6-9;/h1-7,18-21H,(H,16,17);1H. The van der Waals surface area contributed by atoms with Crippen LogP contribution in [0.3, 0.4) is 0 Å². The van der Waals surface area contributed by atoms with Gasteiger partial charge in [-0.1, -0.05) is 0 Å². The second kappa shape index (κ2) is 5.98. The number of nitrogens with zero attached hydrogens (tertiary/aromatic N) is 1. The SMILES string of the molecule is Br.Oc1ccc(-c2cnc(-c3ccc(O)c(O)c3)[nH]2)cc1O. The van der Waals surface area contributed by atoms with Crippen LogP contribution in [0.2, 0.25) is 0 Å². The monoisotopic (exact) mass is 364 g/mol. The molecule has 5 N–H and O–H groups in total. The number of imidazole rings is 1. The van der Waals surface area contributed by atoms with Crippen LogP contribution < -0.4 is 0 Å². The van der Waals surface area contributed by atoms with Gasteiger partial charge in [-0.25, -0.2) is 4.98 Å². The summed E-state index contributed by atoms with van der Waals surface area (Å²) >= 11 is 0. The Morgan fingerprint density at radius 1 is 0.727 bits per heavy atom. The third-order valence-corrected chi connectivity index (χ3v) is 3.11. The van der Waals surface area contributed by atoms with Crippen molar-refractivity contribution in [3.05, 3.63) is 42.6 Å². The Bertz CT molecular complexity index is 751. The van der Waals surface area contributed by atoms with Crippen LogP contribution in [-0.2, 0) is 0 Å². The van der Waals surface area contributed by atoms with E-state index in [1.165, 1.54) is 24.3 Å². The highest BCUT2D eigenvalue weighted by Gasteiger charge is 2.09. The third kappa shape index (κ3) is 2.84. The molecule has 0 aliphatic rings. The number of benzene rings is 2. The van der Waals surface area contributed by atoms with Crippen LogP contribution in [0.25, 0.3) is 22.6 Å². The van der Waals surface area contributed by atoms with Gasteiger partial charge in [0.15, 0.2) is 23.0 Å². The van der Waals surface area contributed by atoms with Gasteiger partial charge in [0.05, 0.1) is 11.9 Å². The first-order chi connectivity index (χ1) is 10.0. The number of halogens is 1. The molecular formula is C15H13BrN2O4. The molecule has 0 unspecified atom stereocenters. The lowest BCUT2D eigenvalue weighted by Gasteiger charge is -2.02. The van der Waals surface area contributed by atoms with Crippen molar-refractivity contribution < 1.29 is 20.4 Å². The van der Waals surface area contributed by atoms with Crippen molar-refractivity contribution in [1.29, 1.82) is 0 Å². The molecule has 0 fully saturated rings. The lowest BCUT2D eigenvalue weighted by molar-refractivity contribution is 0.404. The number of aromatic amines is 1. The lowest BCUT2D eigenvalue weighted by atomic mass is 10.1. The number of hydrogen-bond donors (Lipinski definition) is 5. The molecule has 0 radical (unpaired) electrons. The Kier molecular flexibility index (Phi) is 4.27. The summed E-state index contributed by atoms with van der Waals surface area (Å²) in [4.78, 5) is 7.24. The van der Waals surface area contributed by atoms with Gasteiger partial charge in [-0.05, 0) is 36.4 Å². The van der Waals surface area contributed by atoms with E-state index >= 15 is 0 Å². The van der Waals surface area contributed by atoms with E-state index in [4.69, 9.17) is 0 Å². The number of phenolic OH excluding ortho intramolecular Hbond substituents is 4. The van der Waals surface area contributed by atoms with Gasteiger partial charge in [0.25, 0.3) is 0 Å². The molecule has 22 heavy (non-hydrogen) atoms. The highest BCUT2D eigenvalue weighted by atomic mass is 79.9. The Balaban J connectivity index is 0.00000176. The summed E-state index contributed by atoms with van der Waals surface area (Å²) in [5.74, 6) is -0.331. The maximum atomic E-state index is 9.51. The molecule has 3 rings (SSSR count). The molecule has 2 aromatic carbocycles. The number of phenols is 4. The first kappa shape index (κ1) is 15.7. The fourth-order valence-corrected chi connectivity index (χ4v) is 1.98. The molecular weight excluding hydrogens is 352 g/mol. The van der Waals surface area contributed by atoms with E-state index in [-0.39, 0.29) is 40.0 Å². The fraction of sp³-hybridized carbons (Fsp3) is 0. The maximum absolute atomic E-state index is 9.51. The highest BCUT2D eigenvalue weighted by Crippen LogP contribution is 2.32. The van der Waals surface area contributed by atoms with Gasteiger partial charge in [0.1, 0.15) is 5.82 Å². The van der Waals surface area contributed by atoms with E-state index < -0.39 is 0 Å². The molecule has 0 aliphatic heterocycles. The second-order valence-electron chi connectivity index (χ2n) is 4.55. The first-order valence-electron chi connectivity index (χ1n) is 6.14. The van der Waals surface area contributed by atoms with Crippen LogP contribution >= 0.6 is 17.0 Å². The average molecular weight is 365 g/mol. The van der Waals surface area contributed by atoms with Crippen LogP contribution in [0, 0.1) is 0 Å². The average Bonchev–Trinajstić information content (AvgIpc) is 2.94. The van der Waals surface area contributed by atoms with E-state index in [0.717, 1.165) is 0 Å². The zero-order chi connectivity index (χ0) is 15.0. The molecule has 0 bridgehead atoms. The zero-order valence-electron chi connectivity index (χ0n) is 11.2. The molecule has 1 aromatic heterocycles. The summed E-state index contributed by atoms with van der Waals surface area (Å²) in [7, 11) is 0. The number of rotatable bonds is 2. The van der Waals surface area contributed by atoms with Crippen LogP contribution in [0.4, 0.5) is 0 Å². The number of aromatic hydroxyl groups is 4. The summed E-state index contributed by atoms with van der Waals surface area (Å²) < 4.78 is 0. The molecule has 3 aromatic rings. The zero-order valence-corrected chi connectivity index (χ0v) is 12.9. The van der Waals surface area contributed by atoms with Gasteiger partial charge in [0.2, 0.25) is 0 Å². The predicted molar refractivity (Wildman–Crippen MR) is 86.4 cm³/mol. The molecule has 114 valence electrons. The van der Waals surface area contributed by atoms with Gasteiger partial charge in [-0.15, -0.1) is 17.0 Å². The maximum Gasteiger partial charge on any atom is 0.158 e. The van der Waals surface area contributed by atoms with Crippen molar-refractivity contribution >= 4 is 17.0 Å².